The molecule has 0 spiro atoms. The Bertz CT molecular complexity index is 405. The maximum Gasteiger partial charge on any atom is 0.399 e. The van der Waals surface area contributed by atoms with Gasteiger partial charge >= 0.3 is 19.2 Å². The molecule has 0 aliphatic heterocycles. The third-order valence-electron chi connectivity index (χ3n) is 3.36. The second kappa shape index (κ2) is 6.08. The van der Waals surface area contributed by atoms with Gasteiger partial charge in [-0.3, -0.25) is 9.36 Å². The Labute approximate surface area is 117 Å². The van der Waals surface area contributed by atoms with E-state index in [9.17, 15) is 18.1 Å². The van der Waals surface area contributed by atoms with E-state index in [2.05, 4.69) is 0 Å². The van der Waals surface area contributed by atoms with E-state index in [1.807, 2.05) is 0 Å². The van der Waals surface area contributed by atoms with Gasteiger partial charge in [0.2, 0.25) is 0 Å². The quantitative estimate of drug-likeness (QED) is 0.507. The highest BCUT2D eigenvalue weighted by Gasteiger charge is 2.74. The van der Waals surface area contributed by atoms with Gasteiger partial charge < -0.3 is 13.8 Å². The molecule has 1 saturated carbocycles. The molecular weight excluding hydrogens is 293 g/mol. The Morgan fingerprint density at radius 1 is 1.25 bits per heavy atom. The molecule has 0 bridgehead atoms. The lowest BCUT2D eigenvalue weighted by molar-refractivity contribution is -0.151. The van der Waals surface area contributed by atoms with Gasteiger partial charge in [-0.1, -0.05) is 0 Å². The van der Waals surface area contributed by atoms with Crippen molar-refractivity contribution in [3.05, 3.63) is 0 Å². The molecule has 1 aliphatic rings. The van der Waals surface area contributed by atoms with Gasteiger partial charge in [0.15, 0.2) is 0 Å². The van der Waals surface area contributed by atoms with Crippen LogP contribution in [-0.2, 0) is 23.1 Å². The molecule has 8 heteroatoms. The van der Waals surface area contributed by atoms with Crippen LogP contribution in [0.1, 0.15) is 34.1 Å². The number of hydrogen-bond donors (Lipinski definition) is 0. The second-order valence-corrected chi connectivity index (χ2v) is 6.92. The second-order valence-electron chi connectivity index (χ2n) is 4.82. The molecule has 1 fully saturated rings. The normalized spacial score (nSPS) is 26.4. The summed E-state index contributed by atoms with van der Waals surface area (Å²) < 4.78 is 55.2. The molecule has 0 unspecified atom stereocenters. The van der Waals surface area contributed by atoms with Crippen LogP contribution in [0.2, 0.25) is 0 Å². The molecule has 0 amide bonds. The number of carbonyl (C=O) groups excluding carboxylic acids is 1. The van der Waals surface area contributed by atoms with Crippen molar-refractivity contribution in [3.8, 4) is 0 Å². The molecule has 0 N–H and O–H groups in total. The van der Waals surface area contributed by atoms with E-state index in [1.54, 1.807) is 6.92 Å². The molecule has 0 heterocycles. The molecule has 0 saturated heterocycles. The van der Waals surface area contributed by atoms with Gasteiger partial charge in [0, 0.05) is 0 Å². The summed E-state index contributed by atoms with van der Waals surface area (Å²) in [4.78, 5) is 11.7. The molecule has 2 atom stereocenters. The number of rotatable bonds is 8. The van der Waals surface area contributed by atoms with E-state index in [0.717, 1.165) is 0 Å². The molecule has 1 rings (SSSR count). The predicted molar refractivity (Wildman–Crippen MR) is 68.7 cm³/mol. The maximum atomic E-state index is 14.4. The van der Waals surface area contributed by atoms with Gasteiger partial charge in [0.05, 0.1) is 31.2 Å². The maximum absolute atomic E-state index is 14.4. The first kappa shape index (κ1) is 17.5. The number of halogens is 2. The average molecular weight is 314 g/mol. The molecule has 1 aliphatic carbocycles. The summed E-state index contributed by atoms with van der Waals surface area (Å²) in [5, 5.41) is 0. The van der Waals surface area contributed by atoms with Crippen molar-refractivity contribution < 1.29 is 31.9 Å². The molecule has 0 radical (unpaired) electrons. The first-order valence-electron chi connectivity index (χ1n) is 6.63. The summed E-state index contributed by atoms with van der Waals surface area (Å²) in [5.74, 6) is -2.10. The Morgan fingerprint density at radius 3 is 2.15 bits per heavy atom. The van der Waals surface area contributed by atoms with Crippen molar-refractivity contribution >= 4 is 13.6 Å². The van der Waals surface area contributed by atoms with Crippen molar-refractivity contribution in [2.24, 2.45) is 11.3 Å². The summed E-state index contributed by atoms with van der Waals surface area (Å²) >= 11 is 0. The van der Waals surface area contributed by atoms with Gasteiger partial charge in [0.1, 0.15) is 0 Å². The topological polar surface area (TPSA) is 61.8 Å². The number of hydrogen-bond acceptors (Lipinski definition) is 5. The van der Waals surface area contributed by atoms with Crippen LogP contribution in [-0.4, -0.2) is 31.5 Å². The van der Waals surface area contributed by atoms with Gasteiger partial charge in [-0.25, -0.2) is 0 Å². The fourth-order valence-corrected chi connectivity index (χ4v) is 3.99. The minimum absolute atomic E-state index is 0.0943. The first-order chi connectivity index (χ1) is 9.19. The van der Waals surface area contributed by atoms with Crippen molar-refractivity contribution in [1.29, 1.82) is 0 Å². The third-order valence-corrected chi connectivity index (χ3v) is 5.60. The molecular formula is C12H21F2O5P. The largest absolute Gasteiger partial charge is 0.466 e. The Hall–Kier alpha value is -0.520. The number of alkyl halides is 2. The Kier molecular flexibility index (Phi) is 5.33. The molecule has 20 heavy (non-hydrogen) atoms. The van der Waals surface area contributed by atoms with Crippen LogP contribution in [0.25, 0.3) is 0 Å². The molecule has 5 nitrogen and oxygen atoms in total. The third kappa shape index (κ3) is 2.90. The summed E-state index contributed by atoms with van der Waals surface area (Å²) in [6.45, 7) is 5.69. The van der Waals surface area contributed by atoms with Gasteiger partial charge in [-0.15, -0.1) is 0 Å². The average Bonchev–Trinajstić information content (AvgIpc) is 3.05. The smallest absolute Gasteiger partial charge is 0.399 e. The number of ether oxygens (including phenoxy) is 1. The van der Waals surface area contributed by atoms with Crippen LogP contribution in [0.4, 0.5) is 8.78 Å². The highest BCUT2D eigenvalue weighted by Crippen LogP contribution is 2.74. The minimum atomic E-state index is -4.60. The molecule has 0 aromatic carbocycles. The fraction of sp³-hybridized carbons (Fsp3) is 0.917. The van der Waals surface area contributed by atoms with Crippen molar-refractivity contribution in [3.63, 3.8) is 0 Å². The van der Waals surface area contributed by atoms with Gasteiger partial charge in [-0.2, -0.15) is 8.78 Å². The van der Waals surface area contributed by atoms with Gasteiger partial charge in [0.25, 0.3) is 0 Å². The van der Waals surface area contributed by atoms with Gasteiger partial charge in [-0.05, 0) is 34.1 Å². The van der Waals surface area contributed by atoms with Crippen molar-refractivity contribution in [2.45, 2.75) is 39.8 Å². The first-order valence-corrected chi connectivity index (χ1v) is 8.18. The zero-order valence-electron chi connectivity index (χ0n) is 12.2. The lowest BCUT2D eigenvalue weighted by Gasteiger charge is -2.27. The predicted octanol–water partition coefficient (Wildman–Crippen LogP) is 3.43. The highest BCUT2D eigenvalue weighted by molar-refractivity contribution is 7.55. The van der Waals surface area contributed by atoms with E-state index in [-0.39, 0.29) is 26.2 Å². The van der Waals surface area contributed by atoms with E-state index in [4.69, 9.17) is 13.8 Å². The number of esters is 1. The Balaban J connectivity index is 2.94. The Morgan fingerprint density at radius 2 is 1.75 bits per heavy atom. The van der Waals surface area contributed by atoms with Crippen molar-refractivity contribution in [1.82, 2.24) is 0 Å². The van der Waals surface area contributed by atoms with Crippen LogP contribution in [0.15, 0.2) is 0 Å². The summed E-state index contributed by atoms with van der Waals surface area (Å²) in [6, 6.07) is 0. The lowest BCUT2D eigenvalue weighted by Crippen LogP contribution is -2.29. The van der Waals surface area contributed by atoms with Crippen LogP contribution in [0.5, 0.6) is 0 Å². The summed E-state index contributed by atoms with van der Waals surface area (Å²) in [5.41, 5.74) is -5.04. The van der Waals surface area contributed by atoms with E-state index in [0.29, 0.717) is 0 Å². The minimum Gasteiger partial charge on any atom is -0.466 e. The fourth-order valence-electron chi connectivity index (χ4n) is 2.13. The van der Waals surface area contributed by atoms with Crippen molar-refractivity contribution in [2.75, 3.05) is 19.8 Å². The highest BCUT2D eigenvalue weighted by atomic mass is 31.2. The van der Waals surface area contributed by atoms with Crippen LogP contribution in [0.3, 0.4) is 0 Å². The number of carbonyl (C=O) groups is 1. The van der Waals surface area contributed by atoms with Crippen LogP contribution in [0, 0.1) is 11.3 Å². The molecule has 0 aromatic heterocycles. The summed E-state index contributed by atoms with van der Waals surface area (Å²) in [6.07, 6.45) is -0.0943. The van der Waals surface area contributed by atoms with Crippen LogP contribution < -0.4 is 0 Å². The SMILES string of the molecule is CCOC(=O)[C@@]1(C)C[C@H]1C(F)(F)P(=O)(OCC)OCC. The lowest BCUT2D eigenvalue weighted by atomic mass is 10.1. The molecule has 0 aromatic rings. The molecule has 118 valence electrons. The standard InChI is InChI=1S/C12H21F2O5P/c1-5-17-10(15)11(4)8-9(11)12(13,14)20(16,18-6-2)19-7-3/h9H,5-8H2,1-4H3/t9-,11+/m1/s1. The summed E-state index contributed by atoms with van der Waals surface area (Å²) in [7, 11) is -4.60. The zero-order valence-corrected chi connectivity index (χ0v) is 13.0. The van der Waals surface area contributed by atoms with E-state index >= 15 is 0 Å². The van der Waals surface area contributed by atoms with E-state index in [1.165, 1.54) is 20.8 Å². The van der Waals surface area contributed by atoms with E-state index < -0.39 is 30.6 Å². The monoisotopic (exact) mass is 314 g/mol. The zero-order chi connectivity index (χ0) is 15.6. The van der Waals surface area contributed by atoms with Crippen LogP contribution >= 0.6 is 7.60 Å².